The van der Waals surface area contributed by atoms with Crippen LogP contribution in [-0.2, 0) is 4.79 Å². The number of carbonyl (C=O) groups is 1. The average molecular weight is 212 g/mol. The molecule has 1 saturated heterocycles. The van der Waals surface area contributed by atoms with Crippen LogP contribution in [0.5, 0.6) is 0 Å². The van der Waals surface area contributed by atoms with Gasteiger partial charge in [0.25, 0.3) is 0 Å². The maximum Gasteiger partial charge on any atom is 0.127 e. The number of hydrogen-bond donors (Lipinski definition) is 1. The first kappa shape index (κ1) is 12.7. The van der Waals surface area contributed by atoms with E-state index in [4.69, 9.17) is 0 Å². The fourth-order valence-electron chi connectivity index (χ4n) is 2.37. The Morgan fingerprint density at radius 1 is 1.53 bits per heavy atom. The molecule has 0 aromatic heterocycles. The summed E-state index contributed by atoms with van der Waals surface area (Å²) in [6, 6.07) is 0.555. The maximum absolute atomic E-state index is 11.3. The number of carbonyl (C=O) groups excluding carboxylic acids is 1. The van der Waals surface area contributed by atoms with Crippen LogP contribution in [0, 0.1) is 5.41 Å². The summed E-state index contributed by atoms with van der Waals surface area (Å²) in [7, 11) is 1.95. The smallest absolute Gasteiger partial charge is 0.127 e. The Morgan fingerprint density at radius 2 is 2.27 bits per heavy atom. The SMILES string of the molecule is CNCCC1(C=O)CCCN(C(C)C)C1. The second-order valence-electron chi connectivity index (χ2n) is 5.00. The minimum atomic E-state index is -0.0917. The summed E-state index contributed by atoms with van der Waals surface area (Å²) in [5.74, 6) is 0. The lowest BCUT2D eigenvalue weighted by molar-refractivity contribution is -0.120. The van der Waals surface area contributed by atoms with E-state index in [0.717, 1.165) is 38.9 Å². The molecule has 1 N–H and O–H groups in total. The van der Waals surface area contributed by atoms with E-state index in [1.165, 1.54) is 6.29 Å². The van der Waals surface area contributed by atoms with E-state index >= 15 is 0 Å². The zero-order valence-corrected chi connectivity index (χ0v) is 10.3. The van der Waals surface area contributed by atoms with Gasteiger partial charge in [0.2, 0.25) is 0 Å². The van der Waals surface area contributed by atoms with E-state index in [1.54, 1.807) is 0 Å². The Bertz CT molecular complexity index is 206. The summed E-state index contributed by atoms with van der Waals surface area (Å²) >= 11 is 0. The van der Waals surface area contributed by atoms with Gasteiger partial charge < -0.3 is 10.1 Å². The lowest BCUT2D eigenvalue weighted by Gasteiger charge is -2.41. The van der Waals surface area contributed by atoms with Crippen LogP contribution in [0.4, 0.5) is 0 Å². The molecule has 15 heavy (non-hydrogen) atoms. The van der Waals surface area contributed by atoms with Gasteiger partial charge in [0.15, 0.2) is 0 Å². The van der Waals surface area contributed by atoms with Crippen molar-refractivity contribution in [2.24, 2.45) is 5.41 Å². The van der Waals surface area contributed by atoms with Gasteiger partial charge in [-0.05, 0) is 53.2 Å². The molecule has 1 aliphatic heterocycles. The normalized spacial score (nSPS) is 28.3. The fourth-order valence-corrected chi connectivity index (χ4v) is 2.37. The molecule has 88 valence electrons. The zero-order chi connectivity index (χ0) is 11.3. The van der Waals surface area contributed by atoms with Crippen molar-refractivity contribution >= 4 is 6.29 Å². The molecule has 0 aromatic rings. The van der Waals surface area contributed by atoms with Gasteiger partial charge in [-0.1, -0.05) is 0 Å². The third-order valence-electron chi connectivity index (χ3n) is 3.49. The van der Waals surface area contributed by atoms with Crippen LogP contribution >= 0.6 is 0 Å². The summed E-state index contributed by atoms with van der Waals surface area (Å²) in [5.41, 5.74) is -0.0917. The number of aldehydes is 1. The van der Waals surface area contributed by atoms with Gasteiger partial charge in [-0.15, -0.1) is 0 Å². The van der Waals surface area contributed by atoms with E-state index in [0.29, 0.717) is 6.04 Å². The van der Waals surface area contributed by atoms with Gasteiger partial charge >= 0.3 is 0 Å². The second kappa shape index (κ2) is 5.61. The van der Waals surface area contributed by atoms with Crippen molar-refractivity contribution in [2.45, 2.75) is 39.2 Å². The minimum absolute atomic E-state index is 0.0917. The molecule has 0 radical (unpaired) electrons. The molecule has 0 spiro atoms. The summed E-state index contributed by atoms with van der Waals surface area (Å²) in [5, 5.41) is 3.14. The highest BCUT2D eigenvalue weighted by Crippen LogP contribution is 2.31. The van der Waals surface area contributed by atoms with Gasteiger partial charge in [-0.3, -0.25) is 4.90 Å². The third kappa shape index (κ3) is 3.28. The zero-order valence-electron chi connectivity index (χ0n) is 10.3. The highest BCUT2D eigenvalue weighted by Gasteiger charge is 2.35. The van der Waals surface area contributed by atoms with Crippen molar-refractivity contribution in [3.05, 3.63) is 0 Å². The van der Waals surface area contributed by atoms with Gasteiger partial charge in [0.05, 0.1) is 0 Å². The molecule has 1 aliphatic rings. The summed E-state index contributed by atoms with van der Waals surface area (Å²) in [6.45, 7) is 7.44. The lowest BCUT2D eigenvalue weighted by atomic mass is 9.78. The molecule has 1 rings (SSSR count). The Morgan fingerprint density at radius 3 is 2.80 bits per heavy atom. The number of nitrogens with one attached hydrogen (secondary N) is 1. The van der Waals surface area contributed by atoms with E-state index in [1.807, 2.05) is 7.05 Å². The van der Waals surface area contributed by atoms with E-state index < -0.39 is 0 Å². The fraction of sp³-hybridized carbons (Fsp3) is 0.917. The van der Waals surface area contributed by atoms with Crippen molar-refractivity contribution in [3.8, 4) is 0 Å². The monoisotopic (exact) mass is 212 g/mol. The van der Waals surface area contributed by atoms with Crippen molar-refractivity contribution in [1.82, 2.24) is 10.2 Å². The summed E-state index contributed by atoms with van der Waals surface area (Å²) < 4.78 is 0. The van der Waals surface area contributed by atoms with E-state index in [-0.39, 0.29) is 5.41 Å². The van der Waals surface area contributed by atoms with Crippen LogP contribution in [0.2, 0.25) is 0 Å². The first-order valence-electron chi connectivity index (χ1n) is 5.98. The number of rotatable bonds is 5. The van der Waals surface area contributed by atoms with Crippen molar-refractivity contribution in [1.29, 1.82) is 0 Å². The minimum Gasteiger partial charge on any atom is -0.320 e. The molecule has 0 aromatic carbocycles. The molecule has 0 bridgehead atoms. The van der Waals surface area contributed by atoms with Crippen LogP contribution in [-0.4, -0.2) is 43.9 Å². The molecule has 0 saturated carbocycles. The van der Waals surface area contributed by atoms with Gasteiger partial charge in [0.1, 0.15) is 6.29 Å². The second-order valence-corrected chi connectivity index (χ2v) is 5.00. The predicted octanol–water partition coefficient (Wildman–Crippen LogP) is 1.29. The Kier molecular flexibility index (Phi) is 4.74. The molecule has 3 heteroatoms. The molecule has 1 fully saturated rings. The van der Waals surface area contributed by atoms with Crippen LogP contribution in [0.3, 0.4) is 0 Å². The summed E-state index contributed by atoms with van der Waals surface area (Å²) in [6.07, 6.45) is 4.37. The highest BCUT2D eigenvalue weighted by molar-refractivity contribution is 5.60. The first-order chi connectivity index (χ1) is 7.13. The maximum atomic E-state index is 11.3. The quantitative estimate of drug-likeness (QED) is 0.697. The standard InChI is InChI=1S/C12H24N2O/c1-11(2)14-8-4-5-12(9-14,10-15)6-7-13-3/h10-11,13H,4-9H2,1-3H3. The van der Waals surface area contributed by atoms with Crippen molar-refractivity contribution < 1.29 is 4.79 Å². The van der Waals surface area contributed by atoms with E-state index in [2.05, 4.69) is 24.1 Å². The van der Waals surface area contributed by atoms with Crippen LogP contribution in [0.1, 0.15) is 33.1 Å². The van der Waals surface area contributed by atoms with Crippen LogP contribution in [0.15, 0.2) is 0 Å². The lowest BCUT2D eigenvalue weighted by Crippen LogP contribution is -2.48. The summed E-state index contributed by atoms with van der Waals surface area (Å²) in [4.78, 5) is 13.7. The molecule has 0 amide bonds. The highest BCUT2D eigenvalue weighted by atomic mass is 16.1. The molecular formula is C12H24N2O. The molecule has 0 aliphatic carbocycles. The van der Waals surface area contributed by atoms with Gasteiger partial charge in [-0.25, -0.2) is 0 Å². The molecule has 1 atom stereocenters. The number of hydrogen-bond acceptors (Lipinski definition) is 3. The number of piperidine rings is 1. The largest absolute Gasteiger partial charge is 0.320 e. The molecular weight excluding hydrogens is 188 g/mol. The topological polar surface area (TPSA) is 32.3 Å². The van der Waals surface area contributed by atoms with Gasteiger partial charge in [0, 0.05) is 18.0 Å². The van der Waals surface area contributed by atoms with Crippen molar-refractivity contribution in [3.63, 3.8) is 0 Å². The van der Waals surface area contributed by atoms with Crippen LogP contribution < -0.4 is 5.32 Å². The molecule has 3 nitrogen and oxygen atoms in total. The van der Waals surface area contributed by atoms with Crippen molar-refractivity contribution in [2.75, 3.05) is 26.7 Å². The first-order valence-corrected chi connectivity index (χ1v) is 5.98. The predicted molar refractivity (Wildman–Crippen MR) is 63.0 cm³/mol. The Balaban J connectivity index is 2.59. The molecule has 1 unspecified atom stereocenters. The Labute approximate surface area is 93.2 Å². The Hall–Kier alpha value is -0.410. The number of nitrogens with zero attached hydrogens (tertiary/aromatic N) is 1. The average Bonchev–Trinajstić information content (AvgIpc) is 2.26. The van der Waals surface area contributed by atoms with Gasteiger partial charge in [-0.2, -0.15) is 0 Å². The third-order valence-corrected chi connectivity index (χ3v) is 3.49. The number of likely N-dealkylation sites (tertiary alicyclic amines) is 1. The van der Waals surface area contributed by atoms with Crippen LogP contribution in [0.25, 0.3) is 0 Å². The molecule has 1 heterocycles. The van der Waals surface area contributed by atoms with E-state index in [9.17, 15) is 4.79 Å².